The van der Waals surface area contributed by atoms with Gasteiger partial charge in [0.2, 0.25) is 0 Å². The van der Waals surface area contributed by atoms with Crippen LogP contribution in [0.1, 0.15) is 20.3 Å². The summed E-state index contributed by atoms with van der Waals surface area (Å²) in [5, 5.41) is 29.8. The Morgan fingerprint density at radius 1 is 1.56 bits per heavy atom. The topological polar surface area (TPSA) is 89.8 Å². The van der Waals surface area contributed by atoms with Crippen LogP contribution in [-0.2, 0) is 4.79 Å². The molecule has 0 aromatic heterocycles. The van der Waals surface area contributed by atoms with Gasteiger partial charge in [0.1, 0.15) is 5.54 Å². The highest BCUT2D eigenvalue weighted by molar-refractivity contribution is 7.99. The quantitative estimate of drug-likeness (QED) is 0.458. The summed E-state index contributed by atoms with van der Waals surface area (Å²) in [5.41, 5.74) is -0.976. The molecule has 16 heavy (non-hydrogen) atoms. The van der Waals surface area contributed by atoms with Gasteiger partial charge < -0.3 is 20.6 Å². The number of nitrogens with one attached hydrogen (secondary N) is 1. The van der Waals surface area contributed by atoms with E-state index in [1.54, 1.807) is 6.92 Å². The first kappa shape index (κ1) is 15.7. The first-order valence-corrected chi connectivity index (χ1v) is 6.46. The molecular formula is C10H21NO4S. The normalized spacial score (nSPS) is 16.8. The number of aliphatic carboxylic acids is 1. The Bertz CT molecular complexity index is 215. The van der Waals surface area contributed by atoms with Crippen LogP contribution in [0.4, 0.5) is 0 Å². The Kier molecular flexibility index (Phi) is 7.74. The number of aliphatic hydroxyl groups excluding tert-OH is 2. The third-order valence-electron chi connectivity index (χ3n) is 2.15. The van der Waals surface area contributed by atoms with Crippen LogP contribution < -0.4 is 5.32 Å². The van der Waals surface area contributed by atoms with Gasteiger partial charge in [0.25, 0.3) is 0 Å². The SMILES string of the molecule is CCCNC(C)(CSCC(O)CO)C(=O)O. The van der Waals surface area contributed by atoms with Crippen LogP contribution in [0.25, 0.3) is 0 Å². The molecule has 0 saturated carbocycles. The lowest BCUT2D eigenvalue weighted by Crippen LogP contribution is -2.52. The molecule has 0 aliphatic carbocycles. The molecule has 2 atom stereocenters. The van der Waals surface area contributed by atoms with Crippen molar-refractivity contribution in [3.05, 3.63) is 0 Å². The van der Waals surface area contributed by atoms with Crippen LogP contribution in [0.3, 0.4) is 0 Å². The average Bonchev–Trinajstić information content (AvgIpc) is 2.25. The second-order valence-electron chi connectivity index (χ2n) is 3.92. The monoisotopic (exact) mass is 251 g/mol. The highest BCUT2D eigenvalue weighted by Crippen LogP contribution is 2.14. The maximum Gasteiger partial charge on any atom is 0.324 e. The summed E-state index contributed by atoms with van der Waals surface area (Å²) in [6, 6.07) is 0. The Hall–Kier alpha value is -0.300. The van der Waals surface area contributed by atoms with Gasteiger partial charge in [0.15, 0.2) is 0 Å². The lowest BCUT2D eigenvalue weighted by atomic mass is 10.1. The highest BCUT2D eigenvalue weighted by Gasteiger charge is 2.32. The van der Waals surface area contributed by atoms with E-state index in [4.69, 9.17) is 15.3 Å². The zero-order valence-electron chi connectivity index (χ0n) is 9.77. The van der Waals surface area contributed by atoms with Crippen molar-refractivity contribution in [3.8, 4) is 0 Å². The molecule has 96 valence electrons. The van der Waals surface area contributed by atoms with Crippen molar-refractivity contribution in [2.24, 2.45) is 0 Å². The third kappa shape index (κ3) is 5.69. The van der Waals surface area contributed by atoms with Gasteiger partial charge in [0, 0.05) is 11.5 Å². The van der Waals surface area contributed by atoms with Crippen LogP contribution in [0.5, 0.6) is 0 Å². The molecule has 0 aliphatic heterocycles. The van der Waals surface area contributed by atoms with Gasteiger partial charge in [-0.25, -0.2) is 0 Å². The minimum absolute atomic E-state index is 0.292. The van der Waals surface area contributed by atoms with Gasteiger partial charge in [-0.15, -0.1) is 0 Å². The molecule has 6 heteroatoms. The predicted molar refractivity (Wildman–Crippen MR) is 64.8 cm³/mol. The van der Waals surface area contributed by atoms with Crippen LogP contribution in [-0.4, -0.2) is 57.6 Å². The van der Waals surface area contributed by atoms with Gasteiger partial charge >= 0.3 is 5.97 Å². The molecule has 0 aromatic rings. The standard InChI is InChI=1S/C10H21NO4S/c1-3-4-11-10(2,9(14)15)7-16-6-8(13)5-12/h8,11-13H,3-7H2,1-2H3,(H,14,15). The van der Waals surface area contributed by atoms with Crippen molar-refractivity contribution in [1.29, 1.82) is 0 Å². The molecule has 5 nitrogen and oxygen atoms in total. The summed E-state index contributed by atoms with van der Waals surface area (Å²) < 4.78 is 0. The van der Waals surface area contributed by atoms with E-state index in [1.165, 1.54) is 11.8 Å². The van der Waals surface area contributed by atoms with Crippen molar-refractivity contribution < 1.29 is 20.1 Å². The summed E-state index contributed by atoms with van der Waals surface area (Å²) in [4.78, 5) is 11.1. The molecule has 0 heterocycles. The Morgan fingerprint density at radius 2 is 2.19 bits per heavy atom. The fourth-order valence-electron chi connectivity index (χ4n) is 1.04. The largest absolute Gasteiger partial charge is 0.480 e. The number of hydrogen-bond acceptors (Lipinski definition) is 5. The average molecular weight is 251 g/mol. The molecule has 0 aliphatic rings. The third-order valence-corrected chi connectivity index (χ3v) is 3.55. The highest BCUT2D eigenvalue weighted by atomic mass is 32.2. The zero-order valence-corrected chi connectivity index (χ0v) is 10.6. The number of thioether (sulfide) groups is 1. The Balaban J connectivity index is 4.07. The van der Waals surface area contributed by atoms with Gasteiger partial charge in [-0.1, -0.05) is 6.92 Å². The molecule has 0 rings (SSSR count). The molecule has 0 bridgehead atoms. The van der Waals surface area contributed by atoms with Crippen LogP contribution in [0.2, 0.25) is 0 Å². The molecule has 0 spiro atoms. The maximum atomic E-state index is 11.1. The van der Waals surface area contributed by atoms with Crippen molar-refractivity contribution in [3.63, 3.8) is 0 Å². The first-order valence-electron chi connectivity index (χ1n) is 5.31. The van der Waals surface area contributed by atoms with E-state index in [0.29, 0.717) is 18.1 Å². The second kappa shape index (κ2) is 7.89. The number of rotatable bonds is 9. The first-order chi connectivity index (χ1) is 7.46. The summed E-state index contributed by atoms with van der Waals surface area (Å²) in [5.74, 6) is -0.195. The zero-order chi connectivity index (χ0) is 12.6. The van der Waals surface area contributed by atoms with E-state index in [-0.39, 0.29) is 6.61 Å². The molecule has 2 unspecified atom stereocenters. The van der Waals surface area contributed by atoms with E-state index in [9.17, 15) is 4.79 Å². The van der Waals surface area contributed by atoms with Crippen LogP contribution >= 0.6 is 11.8 Å². The van der Waals surface area contributed by atoms with Gasteiger partial charge in [-0.05, 0) is 19.9 Å². The fraction of sp³-hybridized carbons (Fsp3) is 0.900. The number of hydrogen-bond donors (Lipinski definition) is 4. The second-order valence-corrected chi connectivity index (χ2v) is 4.95. The Labute approximate surface area is 100 Å². The van der Waals surface area contributed by atoms with Crippen LogP contribution in [0, 0.1) is 0 Å². The van der Waals surface area contributed by atoms with E-state index >= 15 is 0 Å². The summed E-state index contributed by atoms with van der Waals surface area (Å²) in [6.07, 6.45) is 0.0847. The molecular weight excluding hydrogens is 230 g/mol. The molecule has 0 aromatic carbocycles. The van der Waals surface area contributed by atoms with E-state index in [0.717, 1.165) is 6.42 Å². The van der Waals surface area contributed by atoms with Crippen molar-refractivity contribution in [2.75, 3.05) is 24.7 Å². The number of carboxylic acids is 1. The lowest BCUT2D eigenvalue weighted by Gasteiger charge is -2.26. The van der Waals surface area contributed by atoms with E-state index in [1.807, 2.05) is 6.92 Å². The molecule has 0 fully saturated rings. The number of aliphatic hydroxyl groups is 2. The molecule has 4 N–H and O–H groups in total. The minimum atomic E-state index is -0.976. The fourth-order valence-corrected chi connectivity index (χ4v) is 2.17. The van der Waals surface area contributed by atoms with E-state index in [2.05, 4.69) is 5.32 Å². The maximum absolute atomic E-state index is 11.1. The van der Waals surface area contributed by atoms with Gasteiger partial charge in [0.05, 0.1) is 12.7 Å². The van der Waals surface area contributed by atoms with E-state index < -0.39 is 17.6 Å². The molecule has 0 saturated heterocycles. The summed E-state index contributed by atoms with van der Waals surface area (Å²) in [6.45, 7) is 3.95. The van der Waals surface area contributed by atoms with Gasteiger partial charge in [-0.3, -0.25) is 4.79 Å². The number of carbonyl (C=O) groups is 1. The van der Waals surface area contributed by atoms with Crippen molar-refractivity contribution in [2.45, 2.75) is 31.9 Å². The van der Waals surface area contributed by atoms with Gasteiger partial charge in [-0.2, -0.15) is 11.8 Å². The molecule has 0 amide bonds. The minimum Gasteiger partial charge on any atom is -0.480 e. The summed E-state index contributed by atoms with van der Waals surface area (Å²) in [7, 11) is 0. The Morgan fingerprint density at radius 3 is 2.62 bits per heavy atom. The molecule has 0 radical (unpaired) electrons. The lowest BCUT2D eigenvalue weighted by molar-refractivity contribution is -0.143. The summed E-state index contributed by atoms with van der Waals surface area (Å²) >= 11 is 1.32. The predicted octanol–water partition coefficient (Wildman–Crippen LogP) is -0.0843. The van der Waals surface area contributed by atoms with Crippen LogP contribution in [0.15, 0.2) is 0 Å². The van der Waals surface area contributed by atoms with Crippen molar-refractivity contribution in [1.82, 2.24) is 5.32 Å². The van der Waals surface area contributed by atoms with Crippen molar-refractivity contribution >= 4 is 17.7 Å². The number of carboxylic acid groups (broad SMARTS) is 1. The smallest absolute Gasteiger partial charge is 0.324 e.